The van der Waals surface area contributed by atoms with Gasteiger partial charge in [0, 0.05) is 0 Å². The molecule has 1 saturated carbocycles. The summed E-state index contributed by atoms with van der Waals surface area (Å²) in [5, 5.41) is 0. The van der Waals surface area contributed by atoms with Crippen molar-refractivity contribution in [2.45, 2.75) is 38.6 Å². The highest BCUT2D eigenvalue weighted by Gasteiger charge is 2.49. The van der Waals surface area contributed by atoms with Crippen LogP contribution in [0, 0.1) is 11.8 Å². The second-order valence-electron chi connectivity index (χ2n) is 4.62. The van der Waals surface area contributed by atoms with Crippen molar-refractivity contribution in [3.8, 4) is 0 Å². The van der Waals surface area contributed by atoms with Gasteiger partial charge in [-0.1, -0.05) is 25.1 Å². The van der Waals surface area contributed by atoms with Crippen molar-refractivity contribution in [2.75, 3.05) is 0 Å². The van der Waals surface area contributed by atoms with Crippen LogP contribution in [0.1, 0.15) is 32.6 Å². The minimum atomic E-state index is -0.444. The number of nitrogens with two attached hydrogens (primary N) is 1. The second kappa shape index (κ2) is 4.13. The largest absolute Gasteiger partial charge is 0.392 e. The number of fused-ring (bicyclic) bond motifs is 1. The number of carbonyl (C=O) groups excluding carboxylic acids is 2. The van der Waals surface area contributed by atoms with Gasteiger partial charge in [0.05, 0.1) is 22.9 Å². The second-order valence-corrected chi connectivity index (χ2v) is 5.09. The number of carbonyl (C=O) groups is 2. The number of nitrogens with zero attached hydrogens (tertiary/aromatic N) is 1. The molecule has 5 heteroatoms. The lowest BCUT2D eigenvalue weighted by molar-refractivity contribution is -0.140. The van der Waals surface area contributed by atoms with E-state index in [1.165, 1.54) is 4.90 Å². The van der Waals surface area contributed by atoms with E-state index in [9.17, 15) is 9.59 Å². The third-order valence-corrected chi connectivity index (χ3v) is 4.02. The van der Waals surface area contributed by atoms with Crippen molar-refractivity contribution < 1.29 is 9.59 Å². The molecule has 2 fully saturated rings. The summed E-state index contributed by atoms with van der Waals surface area (Å²) in [4.78, 5) is 25.7. The third-order valence-electron chi connectivity index (χ3n) is 3.67. The summed E-state index contributed by atoms with van der Waals surface area (Å²) in [5.74, 6) is -0.374. The first-order valence-corrected chi connectivity index (χ1v) is 6.11. The van der Waals surface area contributed by atoms with E-state index in [-0.39, 0.29) is 28.6 Å². The first kappa shape index (κ1) is 11.5. The zero-order valence-electron chi connectivity index (χ0n) is 9.31. The van der Waals surface area contributed by atoms with E-state index in [2.05, 4.69) is 0 Å². The van der Waals surface area contributed by atoms with Gasteiger partial charge < -0.3 is 5.73 Å². The molecule has 2 amide bonds. The molecule has 1 aliphatic carbocycles. The van der Waals surface area contributed by atoms with Crippen molar-refractivity contribution in [1.29, 1.82) is 0 Å². The summed E-state index contributed by atoms with van der Waals surface area (Å²) in [6.07, 6.45) is 3.73. The Labute approximate surface area is 100 Å². The van der Waals surface area contributed by atoms with Gasteiger partial charge in [0.25, 0.3) is 0 Å². The Morgan fingerprint density at radius 2 is 1.75 bits per heavy atom. The Balaban J connectivity index is 2.25. The van der Waals surface area contributed by atoms with Gasteiger partial charge in [-0.15, -0.1) is 0 Å². The van der Waals surface area contributed by atoms with Crippen molar-refractivity contribution in [3.63, 3.8) is 0 Å². The van der Waals surface area contributed by atoms with Gasteiger partial charge in [0.15, 0.2) is 0 Å². The zero-order chi connectivity index (χ0) is 11.9. The lowest BCUT2D eigenvalue weighted by Gasteiger charge is -2.21. The number of imide groups is 1. The topological polar surface area (TPSA) is 63.4 Å². The highest BCUT2D eigenvalue weighted by atomic mass is 32.1. The normalized spacial score (nSPS) is 31.4. The minimum absolute atomic E-state index is 0.0741. The maximum atomic E-state index is 12.1. The maximum Gasteiger partial charge on any atom is 0.233 e. The average molecular weight is 240 g/mol. The lowest BCUT2D eigenvalue weighted by atomic mass is 9.81. The van der Waals surface area contributed by atoms with Crippen LogP contribution in [0.5, 0.6) is 0 Å². The van der Waals surface area contributed by atoms with E-state index in [0.29, 0.717) is 0 Å². The van der Waals surface area contributed by atoms with Crippen LogP contribution in [0.15, 0.2) is 0 Å². The summed E-state index contributed by atoms with van der Waals surface area (Å²) in [7, 11) is 0. The van der Waals surface area contributed by atoms with Gasteiger partial charge in [-0.3, -0.25) is 14.5 Å². The molecular weight excluding hydrogens is 224 g/mol. The molecule has 0 bridgehead atoms. The van der Waals surface area contributed by atoms with Crippen LogP contribution in [-0.4, -0.2) is 27.7 Å². The molecular formula is C11H16N2O2S. The smallest absolute Gasteiger partial charge is 0.233 e. The van der Waals surface area contributed by atoms with Gasteiger partial charge >= 0.3 is 0 Å². The maximum absolute atomic E-state index is 12.1. The zero-order valence-corrected chi connectivity index (χ0v) is 10.1. The number of hydrogen-bond acceptors (Lipinski definition) is 3. The highest BCUT2D eigenvalue weighted by molar-refractivity contribution is 7.80. The van der Waals surface area contributed by atoms with Gasteiger partial charge in [0.1, 0.15) is 0 Å². The number of hydrogen-bond donors (Lipinski definition) is 1. The van der Waals surface area contributed by atoms with Crippen LogP contribution < -0.4 is 5.73 Å². The molecule has 3 atom stereocenters. The molecule has 2 aliphatic rings. The fraction of sp³-hybridized carbons (Fsp3) is 0.727. The van der Waals surface area contributed by atoms with Gasteiger partial charge in [-0.2, -0.15) is 0 Å². The molecule has 0 aromatic carbocycles. The molecule has 16 heavy (non-hydrogen) atoms. The standard InChI is InChI=1S/C11H16N2O2S/c1-6(9(12)16)13-10(14)7-4-2-3-5-8(7)11(13)15/h6-8H,2-5H2,1H3,(H2,12,16). The number of rotatable bonds is 2. The summed E-state index contributed by atoms with van der Waals surface area (Å²) in [5.41, 5.74) is 5.51. The molecule has 4 nitrogen and oxygen atoms in total. The molecule has 2 rings (SSSR count). The summed E-state index contributed by atoms with van der Waals surface area (Å²) >= 11 is 4.86. The molecule has 0 aromatic rings. The molecule has 0 aromatic heterocycles. The van der Waals surface area contributed by atoms with E-state index in [0.717, 1.165) is 25.7 Å². The fourth-order valence-electron chi connectivity index (χ4n) is 2.70. The third kappa shape index (κ3) is 1.63. The Kier molecular flexibility index (Phi) is 2.97. The van der Waals surface area contributed by atoms with Crippen molar-refractivity contribution in [3.05, 3.63) is 0 Å². The van der Waals surface area contributed by atoms with Crippen LogP contribution in [0.4, 0.5) is 0 Å². The van der Waals surface area contributed by atoms with Crippen LogP contribution in [0.2, 0.25) is 0 Å². The Bertz CT molecular complexity index is 332. The summed E-state index contributed by atoms with van der Waals surface area (Å²) in [6, 6.07) is -0.444. The minimum Gasteiger partial charge on any atom is -0.392 e. The van der Waals surface area contributed by atoms with E-state index in [1.807, 2.05) is 0 Å². The molecule has 0 radical (unpaired) electrons. The summed E-state index contributed by atoms with van der Waals surface area (Å²) < 4.78 is 0. The van der Waals surface area contributed by atoms with E-state index >= 15 is 0 Å². The van der Waals surface area contributed by atoms with Gasteiger partial charge in [-0.25, -0.2) is 0 Å². The number of likely N-dealkylation sites (tertiary alicyclic amines) is 1. The quantitative estimate of drug-likeness (QED) is 0.574. The molecule has 1 heterocycles. The van der Waals surface area contributed by atoms with Crippen molar-refractivity contribution in [2.24, 2.45) is 17.6 Å². The Morgan fingerprint density at radius 3 is 2.12 bits per heavy atom. The van der Waals surface area contributed by atoms with Gasteiger partial charge in [0.2, 0.25) is 11.8 Å². The first-order valence-electron chi connectivity index (χ1n) is 5.70. The predicted molar refractivity (Wildman–Crippen MR) is 63.5 cm³/mol. The van der Waals surface area contributed by atoms with Crippen LogP contribution in [0.25, 0.3) is 0 Å². The Morgan fingerprint density at radius 1 is 1.31 bits per heavy atom. The van der Waals surface area contributed by atoms with Crippen molar-refractivity contribution in [1.82, 2.24) is 4.90 Å². The van der Waals surface area contributed by atoms with Gasteiger partial charge in [-0.05, 0) is 19.8 Å². The molecule has 88 valence electrons. The fourth-order valence-corrected chi connectivity index (χ4v) is 2.80. The highest BCUT2D eigenvalue weighted by Crippen LogP contribution is 2.38. The monoisotopic (exact) mass is 240 g/mol. The number of amides is 2. The lowest BCUT2D eigenvalue weighted by Crippen LogP contribution is -2.45. The SMILES string of the molecule is CC(C(N)=S)N1C(=O)C2CCCCC2C1=O. The van der Waals surface area contributed by atoms with Crippen LogP contribution >= 0.6 is 12.2 Å². The molecule has 1 saturated heterocycles. The van der Waals surface area contributed by atoms with E-state index in [4.69, 9.17) is 18.0 Å². The molecule has 0 spiro atoms. The van der Waals surface area contributed by atoms with Crippen LogP contribution in [0.3, 0.4) is 0 Å². The molecule has 1 aliphatic heterocycles. The molecule has 2 N–H and O–H groups in total. The average Bonchev–Trinajstić information content (AvgIpc) is 2.52. The first-order chi connectivity index (χ1) is 7.54. The molecule has 3 unspecified atom stereocenters. The van der Waals surface area contributed by atoms with Crippen LogP contribution in [-0.2, 0) is 9.59 Å². The van der Waals surface area contributed by atoms with E-state index in [1.54, 1.807) is 6.92 Å². The van der Waals surface area contributed by atoms with Crippen molar-refractivity contribution >= 4 is 29.0 Å². The van der Waals surface area contributed by atoms with E-state index < -0.39 is 6.04 Å². The number of thiocarbonyl (C=S) groups is 1. The Hall–Kier alpha value is -0.970. The summed E-state index contributed by atoms with van der Waals surface area (Å²) in [6.45, 7) is 1.72. The predicted octanol–water partition coefficient (Wildman–Crippen LogP) is 0.836.